The van der Waals surface area contributed by atoms with Gasteiger partial charge in [0.1, 0.15) is 0 Å². The summed E-state index contributed by atoms with van der Waals surface area (Å²) in [4.78, 5) is 0. The van der Waals surface area contributed by atoms with Gasteiger partial charge < -0.3 is 5.32 Å². The molecule has 0 radical (unpaired) electrons. The van der Waals surface area contributed by atoms with Crippen LogP contribution in [0.1, 0.15) is 26.7 Å². The van der Waals surface area contributed by atoms with Crippen molar-refractivity contribution in [1.29, 1.82) is 0 Å². The quantitative estimate of drug-likeness (QED) is 0.781. The Bertz CT molecular complexity index is 299. The van der Waals surface area contributed by atoms with Crippen LogP contribution in [0.25, 0.3) is 0 Å². The number of benzene rings is 1. The molecule has 1 nitrogen and oxygen atoms in total. The fraction of sp³-hybridized carbons (Fsp3) is 0.455. The summed E-state index contributed by atoms with van der Waals surface area (Å²) in [6.07, 6.45) is 2.08. The maximum Gasteiger partial charge on any atom is 0.160 e. The Balaban J connectivity index is 2.63. The number of halogens is 2. The molecule has 0 saturated heterocycles. The molecule has 0 aliphatic carbocycles. The normalized spacial score (nSPS) is 12.6. The van der Waals surface area contributed by atoms with Gasteiger partial charge in [-0.2, -0.15) is 0 Å². The van der Waals surface area contributed by atoms with E-state index in [-0.39, 0.29) is 6.04 Å². The van der Waals surface area contributed by atoms with Crippen LogP contribution in [-0.2, 0) is 0 Å². The van der Waals surface area contributed by atoms with Gasteiger partial charge in [-0.15, -0.1) is 0 Å². The van der Waals surface area contributed by atoms with Crippen LogP contribution < -0.4 is 5.32 Å². The molecule has 0 spiro atoms. The molecule has 0 saturated carbocycles. The smallest absolute Gasteiger partial charge is 0.160 e. The molecule has 0 fully saturated rings. The van der Waals surface area contributed by atoms with E-state index in [4.69, 9.17) is 0 Å². The first-order valence-corrected chi connectivity index (χ1v) is 4.85. The van der Waals surface area contributed by atoms with Crippen LogP contribution in [0, 0.1) is 11.6 Å². The Morgan fingerprint density at radius 3 is 2.57 bits per heavy atom. The van der Waals surface area contributed by atoms with Gasteiger partial charge in [0, 0.05) is 17.8 Å². The van der Waals surface area contributed by atoms with Crippen molar-refractivity contribution in [3.8, 4) is 0 Å². The molecule has 0 aliphatic rings. The van der Waals surface area contributed by atoms with Gasteiger partial charge in [0.15, 0.2) is 11.6 Å². The zero-order valence-electron chi connectivity index (χ0n) is 8.48. The van der Waals surface area contributed by atoms with Crippen LogP contribution in [0.4, 0.5) is 14.5 Å². The fourth-order valence-corrected chi connectivity index (χ4v) is 1.38. The molecular weight excluding hydrogens is 184 g/mol. The van der Waals surface area contributed by atoms with E-state index in [2.05, 4.69) is 12.2 Å². The predicted molar refractivity (Wildman–Crippen MR) is 54.4 cm³/mol. The Labute approximate surface area is 83.1 Å². The van der Waals surface area contributed by atoms with Crippen LogP contribution in [0.3, 0.4) is 0 Å². The van der Waals surface area contributed by atoms with Crippen LogP contribution in [0.15, 0.2) is 18.2 Å². The first kappa shape index (κ1) is 11.0. The lowest BCUT2D eigenvalue weighted by Crippen LogP contribution is -2.14. The van der Waals surface area contributed by atoms with E-state index in [9.17, 15) is 8.78 Å². The molecule has 3 heteroatoms. The first-order valence-electron chi connectivity index (χ1n) is 4.85. The number of nitrogens with one attached hydrogen (secondary N) is 1. The molecule has 1 aromatic rings. The Morgan fingerprint density at radius 2 is 2.00 bits per heavy atom. The SMILES string of the molecule is CCC[C@@H](C)Nc1ccc(F)c(F)c1. The van der Waals surface area contributed by atoms with Crippen LogP contribution in [-0.4, -0.2) is 6.04 Å². The van der Waals surface area contributed by atoms with Gasteiger partial charge in [0.25, 0.3) is 0 Å². The zero-order valence-corrected chi connectivity index (χ0v) is 8.48. The van der Waals surface area contributed by atoms with Crippen molar-refractivity contribution >= 4 is 5.69 Å². The minimum atomic E-state index is -0.807. The summed E-state index contributed by atoms with van der Waals surface area (Å²) >= 11 is 0. The second kappa shape index (κ2) is 4.94. The average molecular weight is 199 g/mol. The summed E-state index contributed by atoms with van der Waals surface area (Å²) in [6, 6.07) is 4.15. The van der Waals surface area contributed by atoms with E-state index in [0.717, 1.165) is 18.9 Å². The standard InChI is InChI=1S/C11H15F2N/c1-3-4-8(2)14-9-5-6-10(12)11(13)7-9/h5-8,14H,3-4H2,1-2H3/t8-/m1/s1. The largest absolute Gasteiger partial charge is 0.383 e. The summed E-state index contributed by atoms with van der Waals surface area (Å²) in [5, 5.41) is 3.10. The first-order chi connectivity index (χ1) is 6.63. The van der Waals surface area contributed by atoms with Gasteiger partial charge in [-0.05, 0) is 25.5 Å². The van der Waals surface area contributed by atoms with Crippen molar-refractivity contribution in [2.45, 2.75) is 32.7 Å². The minimum absolute atomic E-state index is 0.282. The second-order valence-corrected chi connectivity index (χ2v) is 3.46. The third-order valence-corrected chi connectivity index (χ3v) is 2.05. The molecule has 0 heterocycles. The number of hydrogen-bond acceptors (Lipinski definition) is 1. The molecule has 0 aromatic heterocycles. The molecule has 14 heavy (non-hydrogen) atoms. The summed E-state index contributed by atoms with van der Waals surface area (Å²) in [5.41, 5.74) is 0.629. The molecule has 0 aliphatic heterocycles. The summed E-state index contributed by atoms with van der Waals surface area (Å²) < 4.78 is 25.4. The molecular formula is C11H15F2N. The lowest BCUT2D eigenvalue weighted by molar-refractivity contribution is 0.509. The molecule has 1 rings (SSSR count). The minimum Gasteiger partial charge on any atom is -0.383 e. The second-order valence-electron chi connectivity index (χ2n) is 3.46. The third-order valence-electron chi connectivity index (χ3n) is 2.05. The Hall–Kier alpha value is -1.12. The molecule has 0 amide bonds. The van der Waals surface area contributed by atoms with Gasteiger partial charge in [0.2, 0.25) is 0 Å². The lowest BCUT2D eigenvalue weighted by Gasteiger charge is -2.14. The Morgan fingerprint density at radius 1 is 1.29 bits per heavy atom. The van der Waals surface area contributed by atoms with E-state index in [1.807, 2.05) is 6.92 Å². The van der Waals surface area contributed by atoms with Crippen LogP contribution in [0.2, 0.25) is 0 Å². The van der Waals surface area contributed by atoms with E-state index >= 15 is 0 Å². The lowest BCUT2D eigenvalue weighted by atomic mass is 10.2. The maximum absolute atomic E-state index is 12.8. The summed E-state index contributed by atoms with van der Waals surface area (Å²) in [7, 11) is 0. The third kappa shape index (κ3) is 2.98. The van der Waals surface area contributed by atoms with Gasteiger partial charge >= 0.3 is 0 Å². The molecule has 0 bridgehead atoms. The van der Waals surface area contributed by atoms with E-state index in [1.54, 1.807) is 6.07 Å². The van der Waals surface area contributed by atoms with E-state index in [0.29, 0.717) is 5.69 Å². The van der Waals surface area contributed by atoms with Crippen LogP contribution >= 0.6 is 0 Å². The van der Waals surface area contributed by atoms with Crippen LogP contribution in [0.5, 0.6) is 0 Å². The molecule has 78 valence electrons. The monoisotopic (exact) mass is 199 g/mol. The number of rotatable bonds is 4. The highest BCUT2D eigenvalue weighted by Crippen LogP contribution is 2.14. The van der Waals surface area contributed by atoms with Gasteiger partial charge in [-0.25, -0.2) is 8.78 Å². The number of hydrogen-bond donors (Lipinski definition) is 1. The van der Waals surface area contributed by atoms with Crippen molar-refractivity contribution in [3.05, 3.63) is 29.8 Å². The molecule has 1 N–H and O–H groups in total. The number of anilines is 1. The Kier molecular flexibility index (Phi) is 3.86. The summed E-state index contributed by atoms with van der Waals surface area (Å²) in [6.45, 7) is 4.11. The summed E-state index contributed by atoms with van der Waals surface area (Å²) in [5.74, 6) is -1.61. The zero-order chi connectivity index (χ0) is 10.6. The highest BCUT2D eigenvalue weighted by Gasteiger charge is 2.04. The van der Waals surface area contributed by atoms with Crippen molar-refractivity contribution in [1.82, 2.24) is 0 Å². The van der Waals surface area contributed by atoms with Crippen molar-refractivity contribution in [2.75, 3.05) is 5.32 Å². The molecule has 1 aromatic carbocycles. The van der Waals surface area contributed by atoms with Gasteiger partial charge in [0.05, 0.1) is 0 Å². The van der Waals surface area contributed by atoms with Crippen molar-refractivity contribution < 1.29 is 8.78 Å². The van der Waals surface area contributed by atoms with Gasteiger partial charge in [-0.3, -0.25) is 0 Å². The molecule has 0 unspecified atom stereocenters. The van der Waals surface area contributed by atoms with Crippen molar-refractivity contribution in [2.24, 2.45) is 0 Å². The maximum atomic E-state index is 12.8. The van der Waals surface area contributed by atoms with E-state index in [1.165, 1.54) is 6.07 Å². The van der Waals surface area contributed by atoms with Crippen molar-refractivity contribution in [3.63, 3.8) is 0 Å². The van der Waals surface area contributed by atoms with Gasteiger partial charge in [-0.1, -0.05) is 13.3 Å². The fourth-order valence-electron chi connectivity index (χ4n) is 1.38. The van der Waals surface area contributed by atoms with E-state index < -0.39 is 11.6 Å². The average Bonchev–Trinajstić information content (AvgIpc) is 2.12. The molecule has 1 atom stereocenters. The highest BCUT2D eigenvalue weighted by atomic mass is 19.2. The highest BCUT2D eigenvalue weighted by molar-refractivity contribution is 5.44. The topological polar surface area (TPSA) is 12.0 Å². The predicted octanol–water partition coefficient (Wildman–Crippen LogP) is 3.57.